The first-order chi connectivity index (χ1) is 8.82. The summed E-state index contributed by atoms with van der Waals surface area (Å²) in [5, 5.41) is 17.4. The molecule has 0 spiro atoms. The molecule has 0 unspecified atom stereocenters. The van der Waals surface area contributed by atoms with E-state index in [-0.39, 0.29) is 18.0 Å². The van der Waals surface area contributed by atoms with E-state index in [1.807, 2.05) is 38.3 Å². The van der Waals surface area contributed by atoms with Crippen molar-refractivity contribution in [3.05, 3.63) is 35.4 Å². The van der Waals surface area contributed by atoms with Gasteiger partial charge >= 0.3 is 0 Å². The Hall–Kier alpha value is -1.75. The van der Waals surface area contributed by atoms with Crippen molar-refractivity contribution in [2.24, 2.45) is 0 Å². The van der Waals surface area contributed by atoms with Crippen LogP contribution in [0.15, 0.2) is 18.2 Å². The number of hydrogen-bond donors (Lipinski definition) is 1. The third kappa shape index (κ3) is 2.66. The Bertz CT molecular complexity index is 579. The fraction of sp³-hybridized carbons (Fsp3) is 0.429. The van der Waals surface area contributed by atoms with Crippen LogP contribution in [0.5, 0.6) is 0 Å². The summed E-state index contributed by atoms with van der Waals surface area (Å²) in [6.07, 6.45) is 0. The lowest BCUT2D eigenvalue weighted by Gasteiger charge is -2.24. The zero-order valence-electron chi connectivity index (χ0n) is 11.6. The lowest BCUT2D eigenvalue weighted by Crippen LogP contribution is -2.25. The summed E-state index contributed by atoms with van der Waals surface area (Å²) in [4.78, 5) is 0. The predicted octanol–water partition coefficient (Wildman–Crippen LogP) is 2.64. The monoisotopic (exact) mass is 263 g/mol. The van der Waals surface area contributed by atoms with Gasteiger partial charge in [-0.25, -0.2) is 4.39 Å². The van der Waals surface area contributed by atoms with Crippen molar-refractivity contribution in [3.8, 4) is 11.4 Å². The molecule has 5 heteroatoms. The Morgan fingerprint density at radius 1 is 1.21 bits per heavy atom. The van der Waals surface area contributed by atoms with E-state index in [0.29, 0.717) is 17.2 Å². The van der Waals surface area contributed by atoms with Crippen molar-refractivity contribution in [1.29, 1.82) is 0 Å². The topological polar surface area (TPSA) is 50.9 Å². The van der Waals surface area contributed by atoms with E-state index in [0.717, 1.165) is 5.56 Å². The van der Waals surface area contributed by atoms with Gasteiger partial charge < -0.3 is 9.67 Å². The van der Waals surface area contributed by atoms with Crippen LogP contribution in [-0.4, -0.2) is 19.9 Å². The molecule has 1 N–H and O–H groups in total. The molecule has 0 saturated carbocycles. The van der Waals surface area contributed by atoms with Crippen LogP contribution in [0.25, 0.3) is 11.4 Å². The molecule has 0 fully saturated rings. The van der Waals surface area contributed by atoms with Crippen molar-refractivity contribution in [1.82, 2.24) is 14.8 Å². The molecule has 102 valence electrons. The Morgan fingerprint density at radius 3 is 2.42 bits per heavy atom. The summed E-state index contributed by atoms with van der Waals surface area (Å²) >= 11 is 0. The fourth-order valence-corrected chi connectivity index (χ4v) is 2.18. The number of rotatable bonds is 2. The first kappa shape index (κ1) is 13.7. The summed E-state index contributed by atoms with van der Waals surface area (Å²) in [6.45, 7) is 7.61. The van der Waals surface area contributed by atoms with Gasteiger partial charge in [0.1, 0.15) is 12.4 Å². The lowest BCUT2D eigenvalue weighted by atomic mass is 10.1. The summed E-state index contributed by atoms with van der Waals surface area (Å²) in [5.41, 5.74) is 1.19. The van der Waals surface area contributed by atoms with Gasteiger partial charge in [0.15, 0.2) is 11.6 Å². The number of hydrogen-bond acceptors (Lipinski definition) is 3. The molecule has 0 amide bonds. The van der Waals surface area contributed by atoms with Crippen molar-refractivity contribution in [2.45, 2.75) is 39.8 Å². The van der Waals surface area contributed by atoms with E-state index >= 15 is 0 Å². The Labute approximate surface area is 111 Å². The quantitative estimate of drug-likeness (QED) is 0.906. The second kappa shape index (κ2) is 4.74. The van der Waals surface area contributed by atoms with Gasteiger partial charge in [-0.05, 0) is 51.5 Å². The third-order valence-corrected chi connectivity index (χ3v) is 2.84. The van der Waals surface area contributed by atoms with E-state index in [2.05, 4.69) is 10.2 Å². The maximum atomic E-state index is 13.5. The van der Waals surface area contributed by atoms with Gasteiger partial charge in [0.05, 0.1) is 0 Å². The van der Waals surface area contributed by atoms with E-state index in [1.165, 1.54) is 12.1 Å². The molecule has 0 bridgehead atoms. The zero-order chi connectivity index (χ0) is 14.2. The van der Waals surface area contributed by atoms with Crippen LogP contribution in [0.1, 0.15) is 32.2 Å². The summed E-state index contributed by atoms with van der Waals surface area (Å²) in [5.74, 6) is 0.743. The standard InChI is InChI=1S/C14H18FN3O/c1-9-5-10(7-11(15)6-9)13-17-16-12(8-19)18(13)14(2,3)4/h5-7,19H,8H2,1-4H3. The van der Waals surface area contributed by atoms with Crippen molar-refractivity contribution >= 4 is 0 Å². The van der Waals surface area contributed by atoms with Crippen molar-refractivity contribution in [2.75, 3.05) is 0 Å². The van der Waals surface area contributed by atoms with Crippen molar-refractivity contribution in [3.63, 3.8) is 0 Å². The smallest absolute Gasteiger partial charge is 0.164 e. The number of aliphatic hydroxyl groups excluding tert-OH is 1. The number of benzene rings is 1. The molecule has 1 aromatic heterocycles. The highest BCUT2D eigenvalue weighted by Gasteiger charge is 2.23. The van der Waals surface area contributed by atoms with Crippen LogP contribution in [0.3, 0.4) is 0 Å². The maximum absolute atomic E-state index is 13.5. The summed E-state index contributed by atoms with van der Waals surface area (Å²) in [6, 6.07) is 4.76. The molecule has 1 heterocycles. The number of halogens is 1. The van der Waals surface area contributed by atoms with E-state index in [9.17, 15) is 9.50 Å². The number of aromatic nitrogens is 3. The molecule has 0 aliphatic heterocycles. The Kier molecular flexibility index (Phi) is 3.41. The highest BCUT2D eigenvalue weighted by molar-refractivity contribution is 5.57. The van der Waals surface area contributed by atoms with Gasteiger partial charge in [-0.1, -0.05) is 0 Å². The first-order valence-electron chi connectivity index (χ1n) is 6.16. The van der Waals surface area contributed by atoms with Crippen LogP contribution in [0.2, 0.25) is 0 Å². The van der Waals surface area contributed by atoms with Gasteiger partial charge in [0.25, 0.3) is 0 Å². The molecule has 0 radical (unpaired) electrons. The Balaban J connectivity index is 2.66. The molecule has 4 nitrogen and oxygen atoms in total. The zero-order valence-corrected chi connectivity index (χ0v) is 11.6. The molecule has 19 heavy (non-hydrogen) atoms. The van der Waals surface area contributed by atoms with Crippen LogP contribution in [0.4, 0.5) is 4.39 Å². The molecule has 1 aromatic carbocycles. The van der Waals surface area contributed by atoms with Crippen molar-refractivity contribution < 1.29 is 9.50 Å². The fourth-order valence-electron chi connectivity index (χ4n) is 2.18. The average molecular weight is 263 g/mol. The van der Waals surface area contributed by atoms with Gasteiger partial charge in [0, 0.05) is 11.1 Å². The third-order valence-electron chi connectivity index (χ3n) is 2.84. The molecule has 2 aromatic rings. The normalized spacial score (nSPS) is 11.9. The van der Waals surface area contributed by atoms with Gasteiger partial charge in [-0.15, -0.1) is 10.2 Å². The highest BCUT2D eigenvalue weighted by Crippen LogP contribution is 2.27. The van der Waals surface area contributed by atoms with Crippen LogP contribution < -0.4 is 0 Å². The summed E-state index contributed by atoms with van der Waals surface area (Å²) < 4.78 is 15.4. The van der Waals surface area contributed by atoms with Gasteiger partial charge in [-0.3, -0.25) is 0 Å². The average Bonchev–Trinajstić information content (AvgIpc) is 2.70. The van der Waals surface area contributed by atoms with E-state index in [4.69, 9.17) is 0 Å². The van der Waals surface area contributed by atoms with Crippen LogP contribution in [-0.2, 0) is 12.1 Å². The molecule has 0 aliphatic carbocycles. The first-order valence-corrected chi connectivity index (χ1v) is 6.16. The van der Waals surface area contributed by atoms with E-state index < -0.39 is 0 Å². The minimum Gasteiger partial charge on any atom is -0.388 e. The number of aliphatic hydroxyl groups is 1. The predicted molar refractivity (Wildman–Crippen MR) is 71.1 cm³/mol. The Morgan fingerprint density at radius 2 is 1.89 bits per heavy atom. The summed E-state index contributed by atoms with van der Waals surface area (Å²) in [7, 11) is 0. The molecule has 0 saturated heterocycles. The molecule has 0 aliphatic rings. The SMILES string of the molecule is Cc1cc(F)cc(-c2nnc(CO)n2C(C)(C)C)c1. The number of nitrogens with zero attached hydrogens (tertiary/aromatic N) is 3. The van der Waals surface area contributed by atoms with Gasteiger partial charge in [0.2, 0.25) is 0 Å². The molecular formula is C14H18FN3O. The molecular weight excluding hydrogens is 245 g/mol. The maximum Gasteiger partial charge on any atom is 0.164 e. The number of aryl methyl sites for hydroxylation is 1. The van der Waals surface area contributed by atoms with E-state index in [1.54, 1.807) is 0 Å². The largest absolute Gasteiger partial charge is 0.388 e. The minimum atomic E-state index is -0.302. The highest BCUT2D eigenvalue weighted by atomic mass is 19.1. The van der Waals surface area contributed by atoms with Crippen LogP contribution >= 0.6 is 0 Å². The molecule has 2 rings (SSSR count). The van der Waals surface area contributed by atoms with Gasteiger partial charge in [-0.2, -0.15) is 0 Å². The molecule has 0 atom stereocenters. The minimum absolute atomic E-state index is 0.196. The van der Waals surface area contributed by atoms with Crippen LogP contribution in [0, 0.1) is 12.7 Å². The second-order valence-corrected chi connectivity index (χ2v) is 5.62. The lowest BCUT2D eigenvalue weighted by molar-refractivity contribution is 0.250. The second-order valence-electron chi connectivity index (χ2n) is 5.62.